The van der Waals surface area contributed by atoms with Crippen molar-refractivity contribution in [3.8, 4) is 5.69 Å². The maximum Gasteiger partial charge on any atom is 0.100 e. The molecule has 0 unspecified atom stereocenters. The van der Waals surface area contributed by atoms with Crippen LogP contribution in [0, 0.1) is 13.8 Å². The van der Waals surface area contributed by atoms with Crippen LogP contribution in [0.5, 0.6) is 0 Å². The van der Waals surface area contributed by atoms with E-state index >= 15 is 0 Å². The number of aromatic nitrogens is 2. The zero-order valence-corrected chi connectivity index (χ0v) is 21.6. The van der Waals surface area contributed by atoms with Gasteiger partial charge in [0, 0.05) is 20.3 Å². The Bertz CT molecular complexity index is 1410. The van der Waals surface area contributed by atoms with Gasteiger partial charge in [0.15, 0.2) is 0 Å². The van der Waals surface area contributed by atoms with Crippen molar-refractivity contribution in [3.05, 3.63) is 111 Å². The van der Waals surface area contributed by atoms with Gasteiger partial charge in [-0.15, -0.1) is 0 Å². The fourth-order valence-electron chi connectivity index (χ4n) is 3.47. The molecule has 0 saturated carbocycles. The Kier molecular flexibility index (Phi) is 7.16. The number of halogens is 2. The van der Waals surface area contributed by atoms with Crippen LogP contribution in [0.2, 0.25) is 0 Å². The normalized spacial score (nSPS) is 10.5. The van der Waals surface area contributed by atoms with E-state index in [1.807, 2.05) is 67.8 Å². The fraction of sp³-hybridized carbons (Fsp3) is 0.0741. The van der Waals surface area contributed by atoms with Crippen LogP contribution >= 0.6 is 31.9 Å². The van der Waals surface area contributed by atoms with Crippen LogP contribution in [-0.4, -0.2) is 9.55 Å². The van der Waals surface area contributed by atoms with Gasteiger partial charge < -0.3 is 11.1 Å². The van der Waals surface area contributed by atoms with Crippen molar-refractivity contribution in [3.63, 3.8) is 0 Å². The highest BCUT2D eigenvalue weighted by Gasteiger charge is 2.04. The van der Waals surface area contributed by atoms with Gasteiger partial charge in [0.25, 0.3) is 0 Å². The molecular weight excluding hydrogens is 540 g/mol. The number of anilines is 3. The van der Waals surface area contributed by atoms with E-state index in [0.717, 1.165) is 48.3 Å². The number of rotatable bonds is 3. The monoisotopic (exact) mass is 562 g/mol. The third-order valence-electron chi connectivity index (χ3n) is 5.10. The molecule has 0 fully saturated rings. The van der Waals surface area contributed by atoms with E-state index in [1.165, 1.54) is 5.56 Å². The molecule has 0 bridgehead atoms. The molecule has 166 valence electrons. The Labute approximate surface area is 210 Å². The summed E-state index contributed by atoms with van der Waals surface area (Å²) in [5.74, 6) is 0. The Balaban J connectivity index is 0.000000157. The van der Waals surface area contributed by atoms with E-state index in [2.05, 4.69) is 84.0 Å². The molecule has 0 aliphatic carbocycles. The zero-order chi connectivity index (χ0) is 23.4. The van der Waals surface area contributed by atoms with Gasteiger partial charge in [-0.1, -0.05) is 56.1 Å². The Morgan fingerprint density at radius 1 is 0.788 bits per heavy atom. The lowest BCUT2D eigenvalue weighted by Crippen LogP contribution is -1.96. The average Bonchev–Trinajstić information content (AvgIpc) is 3.19. The molecule has 33 heavy (non-hydrogen) atoms. The molecule has 4 aromatic carbocycles. The van der Waals surface area contributed by atoms with Crippen LogP contribution in [0.3, 0.4) is 0 Å². The highest BCUT2D eigenvalue weighted by atomic mass is 79.9. The van der Waals surface area contributed by atoms with E-state index in [-0.39, 0.29) is 0 Å². The van der Waals surface area contributed by atoms with Gasteiger partial charge in [0.2, 0.25) is 0 Å². The molecular formula is C27H24Br2N4. The second-order valence-electron chi connectivity index (χ2n) is 7.81. The maximum absolute atomic E-state index is 5.93. The summed E-state index contributed by atoms with van der Waals surface area (Å²) in [6.07, 6.45) is 1.87. The summed E-state index contributed by atoms with van der Waals surface area (Å²) < 4.78 is 4.21. The summed E-state index contributed by atoms with van der Waals surface area (Å²) in [6, 6.07) is 28.5. The molecule has 5 aromatic rings. The Morgan fingerprint density at radius 2 is 1.48 bits per heavy atom. The fourth-order valence-corrected chi connectivity index (χ4v) is 4.26. The minimum atomic E-state index is 0.764. The van der Waals surface area contributed by atoms with Crippen molar-refractivity contribution < 1.29 is 0 Å². The molecule has 1 heterocycles. The second-order valence-corrected chi connectivity index (χ2v) is 9.64. The van der Waals surface area contributed by atoms with Crippen molar-refractivity contribution in [2.45, 2.75) is 13.8 Å². The largest absolute Gasteiger partial charge is 0.397 e. The standard InChI is InChI=1S/C14H11BrN2.C13H13BrN2/c1-10-5-6-14-13(7-10)16-9-17(14)12-4-2-3-11(15)8-12;1-9-5-6-13(12(15)7-9)16-11-4-2-3-10(14)8-11/h2-9H,1H3;2-8,16H,15H2,1H3. The smallest absolute Gasteiger partial charge is 0.100 e. The van der Waals surface area contributed by atoms with Crippen LogP contribution in [0.25, 0.3) is 16.7 Å². The first kappa shape index (κ1) is 23.1. The summed E-state index contributed by atoms with van der Waals surface area (Å²) in [7, 11) is 0. The molecule has 0 aliphatic rings. The molecule has 0 radical (unpaired) electrons. The van der Waals surface area contributed by atoms with E-state index in [0.29, 0.717) is 0 Å². The summed E-state index contributed by atoms with van der Waals surface area (Å²) in [4.78, 5) is 4.43. The Hall–Kier alpha value is -3.09. The highest BCUT2D eigenvalue weighted by Crippen LogP contribution is 2.25. The summed E-state index contributed by atoms with van der Waals surface area (Å²) in [6.45, 7) is 4.11. The lowest BCUT2D eigenvalue weighted by molar-refractivity contribution is 1.09. The molecule has 3 N–H and O–H groups in total. The molecule has 6 heteroatoms. The molecule has 0 spiro atoms. The van der Waals surface area contributed by atoms with Crippen LogP contribution < -0.4 is 11.1 Å². The van der Waals surface area contributed by atoms with Crippen molar-refractivity contribution in [1.82, 2.24) is 9.55 Å². The molecule has 0 aliphatic heterocycles. The summed E-state index contributed by atoms with van der Waals surface area (Å²) in [5, 5.41) is 3.29. The third-order valence-corrected chi connectivity index (χ3v) is 6.09. The number of nitrogens with zero attached hydrogens (tertiary/aromatic N) is 2. The quantitative estimate of drug-likeness (QED) is 0.218. The molecule has 0 atom stereocenters. The van der Waals surface area contributed by atoms with Gasteiger partial charge in [-0.3, -0.25) is 4.57 Å². The van der Waals surface area contributed by atoms with Gasteiger partial charge >= 0.3 is 0 Å². The number of aryl methyl sites for hydroxylation is 2. The number of nitrogens with two attached hydrogens (primary N) is 1. The summed E-state index contributed by atoms with van der Waals surface area (Å²) in [5.41, 5.74) is 14.3. The first-order chi connectivity index (χ1) is 15.9. The van der Waals surface area contributed by atoms with Crippen molar-refractivity contribution in [2.75, 3.05) is 11.1 Å². The van der Waals surface area contributed by atoms with Crippen molar-refractivity contribution in [2.24, 2.45) is 0 Å². The number of imidazole rings is 1. The predicted octanol–water partition coefficient (Wildman–Crippen LogP) is 8.18. The summed E-state index contributed by atoms with van der Waals surface area (Å²) >= 11 is 6.92. The lowest BCUT2D eigenvalue weighted by Gasteiger charge is -2.10. The van der Waals surface area contributed by atoms with E-state index in [4.69, 9.17) is 5.73 Å². The van der Waals surface area contributed by atoms with Crippen LogP contribution in [-0.2, 0) is 0 Å². The van der Waals surface area contributed by atoms with E-state index in [9.17, 15) is 0 Å². The number of hydrogen-bond donors (Lipinski definition) is 2. The number of nitrogens with one attached hydrogen (secondary N) is 1. The van der Waals surface area contributed by atoms with Gasteiger partial charge in [-0.05, 0) is 85.6 Å². The van der Waals surface area contributed by atoms with Crippen molar-refractivity contribution >= 4 is 60.0 Å². The van der Waals surface area contributed by atoms with Crippen LogP contribution in [0.4, 0.5) is 17.1 Å². The maximum atomic E-state index is 5.93. The first-order valence-corrected chi connectivity index (χ1v) is 12.1. The van der Waals surface area contributed by atoms with Crippen LogP contribution in [0.1, 0.15) is 11.1 Å². The second kappa shape index (κ2) is 10.2. The molecule has 0 saturated heterocycles. The number of nitrogen functional groups attached to an aromatic ring is 1. The number of hydrogen-bond acceptors (Lipinski definition) is 3. The van der Waals surface area contributed by atoms with Gasteiger partial charge in [0.05, 0.1) is 22.4 Å². The predicted molar refractivity (Wildman–Crippen MR) is 147 cm³/mol. The van der Waals surface area contributed by atoms with Crippen LogP contribution in [0.15, 0.2) is 100 Å². The van der Waals surface area contributed by atoms with Gasteiger partial charge in [-0.2, -0.15) is 0 Å². The number of fused-ring (bicyclic) bond motifs is 1. The van der Waals surface area contributed by atoms with E-state index in [1.54, 1.807) is 0 Å². The molecule has 5 rings (SSSR count). The highest BCUT2D eigenvalue weighted by molar-refractivity contribution is 9.10. The Morgan fingerprint density at radius 3 is 2.21 bits per heavy atom. The minimum absolute atomic E-state index is 0.764. The topological polar surface area (TPSA) is 55.9 Å². The van der Waals surface area contributed by atoms with Crippen molar-refractivity contribution in [1.29, 1.82) is 0 Å². The first-order valence-electron chi connectivity index (χ1n) is 10.5. The van der Waals surface area contributed by atoms with Gasteiger partial charge in [0.1, 0.15) is 6.33 Å². The van der Waals surface area contributed by atoms with Gasteiger partial charge in [-0.25, -0.2) is 4.98 Å². The number of benzene rings is 4. The zero-order valence-electron chi connectivity index (χ0n) is 18.4. The SMILES string of the molecule is Cc1ccc(Nc2cccc(Br)c2)c(N)c1.Cc1ccc2c(c1)ncn2-c1cccc(Br)c1. The van der Waals surface area contributed by atoms with E-state index < -0.39 is 0 Å². The molecule has 1 aromatic heterocycles. The third kappa shape index (κ3) is 5.83. The lowest BCUT2D eigenvalue weighted by atomic mass is 10.2. The minimum Gasteiger partial charge on any atom is -0.397 e. The average molecular weight is 564 g/mol. The molecule has 0 amide bonds. The molecule has 4 nitrogen and oxygen atoms in total.